The summed E-state index contributed by atoms with van der Waals surface area (Å²) in [5, 5.41) is 0. The molecule has 1 saturated heterocycles. The summed E-state index contributed by atoms with van der Waals surface area (Å²) in [7, 11) is 0.0727. The quantitative estimate of drug-likeness (QED) is 0.472. The monoisotopic (exact) mass is 436 g/mol. The molecule has 0 unspecified atom stereocenters. The molecule has 3 atom stereocenters. The Labute approximate surface area is 171 Å². The van der Waals surface area contributed by atoms with Crippen molar-refractivity contribution in [1.29, 1.82) is 0 Å². The molecule has 2 aliphatic heterocycles. The van der Waals surface area contributed by atoms with Gasteiger partial charge in [-0.1, -0.05) is 6.92 Å². The molecule has 0 aromatic heterocycles. The van der Waals surface area contributed by atoms with Crippen LogP contribution in [-0.4, -0.2) is 61.6 Å². The summed E-state index contributed by atoms with van der Waals surface area (Å²) in [5.41, 5.74) is 2.34. The van der Waals surface area contributed by atoms with Gasteiger partial charge in [-0.3, -0.25) is 4.57 Å². The number of benzene rings is 1. The molecule has 0 saturated carbocycles. The lowest BCUT2D eigenvalue weighted by molar-refractivity contribution is 0.0766. The van der Waals surface area contributed by atoms with Crippen LogP contribution >= 0.6 is 30.9 Å². The molecule has 0 spiro atoms. The molecule has 1 aromatic rings. The first-order chi connectivity index (χ1) is 13.0. The molecule has 0 amide bonds. The maximum Gasteiger partial charge on any atom is 0.346 e. The van der Waals surface area contributed by atoms with Crippen LogP contribution in [0.1, 0.15) is 24.1 Å². The summed E-state index contributed by atoms with van der Waals surface area (Å²) in [6.45, 7) is 4.15. The van der Waals surface area contributed by atoms with E-state index in [-0.39, 0.29) is 12.0 Å². The molecule has 152 valence electrons. The van der Waals surface area contributed by atoms with Gasteiger partial charge in [0.05, 0.1) is 20.8 Å². The van der Waals surface area contributed by atoms with Crippen molar-refractivity contribution in [3.63, 3.8) is 0 Å². The van der Waals surface area contributed by atoms with E-state index in [1.54, 1.807) is 14.2 Å². The second-order valence-corrected chi connectivity index (χ2v) is 9.93. The minimum atomic E-state index is -3.20. The summed E-state index contributed by atoms with van der Waals surface area (Å²) in [4.78, 5) is 0. The smallest absolute Gasteiger partial charge is 0.346 e. The SMILES string of the molecule is COc1cc2c(cc1OC)[C@H]1[C@H](C)CO[P@](=O)(N(CCCl)CCCl)N1CC2. The van der Waals surface area contributed by atoms with Gasteiger partial charge in [0.25, 0.3) is 0 Å². The second-order valence-electron chi connectivity index (χ2n) is 6.86. The van der Waals surface area contributed by atoms with E-state index in [9.17, 15) is 4.57 Å². The molecule has 0 aliphatic carbocycles. The predicted octanol–water partition coefficient (Wildman–Crippen LogP) is 4.16. The van der Waals surface area contributed by atoms with Crippen LogP contribution in [0, 0.1) is 5.92 Å². The zero-order chi connectivity index (χ0) is 19.6. The van der Waals surface area contributed by atoms with E-state index in [1.165, 1.54) is 5.56 Å². The van der Waals surface area contributed by atoms with Crippen molar-refractivity contribution >= 4 is 30.9 Å². The molecule has 2 heterocycles. The Kier molecular flexibility index (Phi) is 6.99. The van der Waals surface area contributed by atoms with E-state index in [1.807, 2.05) is 21.5 Å². The Morgan fingerprint density at radius 2 is 1.85 bits per heavy atom. The van der Waals surface area contributed by atoms with Crippen molar-refractivity contribution < 1.29 is 18.6 Å². The Balaban J connectivity index is 2.03. The van der Waals surface area contributed by atoms with Crippen molar-refractivity contribution in [1.82, 2.24) is 9.34 Å². The van der Waals surface area contributed by atoms with E-state index in [0.29, 0.717) is 43.8 Å². The van der Waals surface area contributed by atoms with Crippen LogP contribution in [0.4, 0.5) is 0 Å². The van der Waals surface area contributed by atoms with Crippen LogP contribution in [0.5, 0.6) is 11.5 Å². The standard InChI is InChI=1S/C18H27Cl2N2O4P/c1-13-12-26-27(23,21(8-5-19)9-6-20)22-7-4-14-10-16(24-2)17(25-3)11-15(14)18(13)22/h10-11,13,18H,4-9,12H2,1-3H3/t13-,18-,27-/m1/s1. The largest absolute Gasteiger partial charge is 0.493 e. The van der Waals surface area contributed by atoms with Crippen molar-refractivity contribution in [3.8, 4) is 11.5 Å². The molecule has 9 heteroatoms. The van der Waals surface area contributed by atoms with Gasteiger partial charge in [0.1, 0.15) is 0 Å². The molecule has 2 aliphatic rings. The molecule has 0 radical (unpaired) electrons. The van der Waals surface area contributed by atoms with Crippen LogP contribution in [0.2, 0.25) is 0 Å². The Morgan fingerprint density at radius 1 is 1.22 bits per heavy atom. The van der Waals surface area contributed by atoms with Crippen molar-refractivity contribution in [2.45, 2.75) is 19.4 Å². The molecule has 1 fully saturated rings. The predicted molar refractivity (Wildman–Crippen MR) is 108 cm³/mol. The van der Waals surface area contributed by atoms with Crippen LogP contribution in [0.15, 0.2) is 12.1 Å². The van der Waals surface area contributed by atoms with Gasteiger partial charge < -0.3 is 14.0 Å². The minimum Gasteiger partial charge on any atom is -0.493 e. The summed E-state index contributed by atoms with van der Waals surface area (Å²) >= 11 is 11.9. The van der Waals surface area contributed by atoms with Gasteiger partial charge in [-0.15, -0.1) is 23.2 Å². The third kappa shape index (κ3) is 3.85. The van der Waals surface area contributed by atoms with Crippen molar-refractivity contribution in [3.05, 3.63) is 23.3 Å². The fourth-order valence-corrected chi connectivity index (χ4v) is 7.47. The second kappa shape index (κ2) is 8.89. The molecule has 3 rings (SSSR count). The topological polar surface area (TPSA) is 51.2 Å². The highest BCUT2D eigenvalue weighted by Crippen LogP contribution is 2.63. The molecule has 1 aromatic carbocycles. The molecular weight excluding hydrogens is 410 g/mol. The minimum absolute atomic E-state index is 0.0127. The molecule has 0 bridgehead atoms. The van der Waals surface area contributed by atoms with Gasteiger partial charge in [0.15, 0.2) is 11.5 Å². The molecular formula is C18H27Cl2N2O4P. The first-order valence-electron chi connectivity index (χ1n) is 9.14. The van der Waals surface area contributed by atoms with E-state index in [0.717, 1.165) is 17.7 Å². The summed E-state index contributed by atoms with van der Waals surface area (Å²) < 4.78 is 34.7. The van der Waals surface area contributed by atoms with Crippen molar-refractivity contribution in [2.75, 3.05) is 52.2 Å². The van der Waals surface area contributed by atoms with E-state index in [2.05, 4.69) is 6.92 Å². The first kappa shape index (κ1) is 21.2. The fraction of sp³-hybridized carbons (Fsp3) is 0.667. The number of hydrogen-bond donors (Lipinski definition) is 0. The average molecular weight is 437 g/mol. The number of alkyl halides is 2. The zero-order valence-electron chi connectivity index (χ0n) is 16.0. The summed E-state index contributed by atoms with van der Waals surface area (Å²) in [6, 6.07) is 4.04. The van der Waals surface area contributed by atoms with Crippen LogP contribution in [0.3, 0.4) is 0 Å². The van der Waals surface area contributed by atoms with Gasteiger partial charge in [-0.25, -0.2) is 9.34 Å². The maximum absolute atomic E-state index is 14.0. The molecule has 6 nitrogen and oxygen atoms in total. The normalized spacial score (nSPS) is 27.9. The number of hydrogen-bond acceptors (Lipinski definition) is 4. The maximum atomic E-state index is 14.0. The van der Waals surface area contributed by atoms with E-state index >= 15 is 0 Å². The highest BCUT2D eigenvalue weighted by molar-refractivity contribution is 7.54. The van der Waals surface area contributed by atoms with Crippen LogP contribution in [0.25, 0.3) is 0 Å². The number of rotatable bonds is 7. The molecule has 27 heavy (non-hydrogen) atoms. The van der Waals surface area contributed by atoms with Crippen LogP contribution < -0.4 is 9.47 Å². The highest BCUT2D eigenvalue weighted by atomic mass is 35.5. The lowest BCUT2D eigenvalue weighted by Crippen LogP contribution is -2.46. The van der Waals surface area contributed by atoms with Gasteiger partial charge >= 0.3 is 7.67 Å². The lowest BCUT2D eigenvalue weighted by Gasteiger charge is -2.50. The number of nitrogens with zero attached hydrogens (tertiary/aromatic N) is 2. The number of ether oxygens (including phenoxy) is 2. The van der Waals surface area contributed by atoms with Gasteiger partial charge in [-0.05, 0) is 29.7 Å². The highest BCUT2D eigenvalue weighted by Gasteiger charge is 2.50. The van der Waals surface area contributed by atoms with Gasteiger partial charge in [-0.2, -0.15) is 0 Å². The fourth-order valence-electron chi connectivity index (χ4n) is 4.03. The summed E-state index contributed by atoms with van der Waals surface area (Å²) in [5.74, 6) is 2.35. The van der Waals surface area contributed by atoms with E-state index < -0.39 is 7.67 Å². The Morgan fingerprint density at radius 3 is 2.44 bits per heavy atom. The lowest BCUT2D eigenvalue weighted by atomic mass is 9.87. The third-order valence-corrected chi connectivity index (χ3v) is 8.34. The zero-order valence-corrected chi connectivity index (χ0v) is 18.4. The summed E-state index contributed by atoms with van der Waals surface area (Å²) in [6.07, 6.45) is 0.766. The van der Waals surface area contributed by atoms with Gasteiger partial charge in [0, 0.05) is 43.4 Å². The van der Waals surface area contributed by atoms with Crippen molar-refractivity contribution in [2.24, 2.45) is 5.92 Å². The van der Waals surface area contributed by atoms with Gasteiger partial charge in [0.2, 0.25) is 0 Å². The van der Waals surface area contributed by atoms with E-state index in [4.69, 9.17) is 37.2 Å². The Hall–Kier alpha value is -0.490. The number of halogens is 2. The van der Waals surface area contributed by atoms with Crippen LogP contribution in [-0.2, 0) is 15.5 Å². The Bertz CT molecular complexity index is 715. The molecule has 0 N–H and O–H groups in total. The third-order valence-electron chi connectivity index (χ3n) is 5.31. The number of fused-ring (bicyclic) bond motifs is 3. The average Bonchev–Trinajstić information content (AvgIpc) is 2.69. The first-order valence-corrected chi connectivity index (χ1v) is 11.7. The number of methoxy groups -OCH3 is 2.